The van der Waals surface area contributed by atoms with E-state index in [1.165, 1.54) is 16.7 Å². The number of aryl methyl sites for hydroxylation is 3. The second kappa shape index (κ2) is 5.32. The zero-order valence-corrected chi connectivity index (χ0v) is 10.3. The minimum Gasteiger partial charge on any atom is -0.389 e. The van der Waals surface area contributed by atoms with E-state index in [9.17, 15) is 5.11 Å². The molecule has 0 saturated heterocycles. The van der Waals surface area contributed by atoms with Crippen molar-refractivity contribution in [3.63, 3.8) is 0 Å². The molecule has 15 heavy (non-hydrogen) atoms. The molecule has 1 aromatic carbocycles. The summed E-state index contributed by atoms with van der Waals surface area (Å²) >= 11 is 0. The predicted molar refractivity (Wildman–Crippen MR) is 65.2 cm³/mol. The van der Waals surface area contributed by atoms with Gasteiger partial charge in [-0.15, -0.1) is 0 Å². The van der Waals surface area contributed by atoms with Gasteiger partial charge < -0.3 is 5.11 Å². The monoisotopic (exact) mass is 206 g/mol. The molecular formula is C14H22O. The van der Waals surface area contributed by atoms with E-state index in [0.29, 0.717) is 0 Å². The first-order valence-corrected chi connectivity index (χ1v) is 5.96. The van der Waals surface area contributed by atoms with Gasteiger partial charge in [-0.1, -0.05) is 32.9 Å². The van der Waals surface area contributed by atoms with Crippen LogP contribution in [-0.4, -0.2) is 5.11 Å². The van der Waals surface area contributed by atoms with Gasteiger partial charge in [0.2, 0.25) is 0 Å². The van der Waals surface area contributed by atoms with E-state index in [4.69, 9.17) is 0 Å². The maximum absolute atomic E-state index is 9.81. The lowest BCUT2D eigenvalue weighted by Crippen LogP contribution is -2.04. The van der Waals surface area contributed by atoms with Crippen LogP contribution in [0.1, 0.15) is 56.1 Å². The van der Waals surface area contributed by atoms with Gasteiger partial charge in [0.1, 0.15) is 0 Å². The number of aliphatic hydroxyl groups is 1. The highest BCUT2D eigenvalue weighted by Crippen LogP contribution is 2.25. The quantitative estimate of drug-likeness (QED) is 0.800. The molecule has 1 atom stereocenters. The number of hydrogen-bond acceptors (Lipinski definition) is 1. The van der Waals surface area contributed by atoms with Crippen LogP contribution in [0.3, 0.4) is 0 Å². The Balaban J connectivity index is 3.32. The van der Waals surface area contributed by atoms with Crippen LogP contribution in [-0.2, 0) is 19.3 Å². The Morgan fingerprint density at radius 2 is 1.47 bits per heavy atom. The first-order chi connectivity index (χ1) is 7.13. The second-order valence-electron chi connectivity index (χ2n) is 4.06. The molecule has 0 radical (unpaired) electrons. The average molecular weight is 206 g/mol. The van der Waals surface area contributed by atoms with Crippen LogP contribution in [0.25, 0.3) is 0 Å². The molecular weight excluding hydrogens is 184 g/mol. The average Bonchev–Trinajstić information content (AvgIpc) is 2.26. The van der Waals surface area contributed by atoms with Gasteiger partial charge in [-0.05, 0) is 48.4 Å². The Morgan fingerprint density at radius 3 is 1.73 bits per heavy atom. The van der Waals surface area contributed by atoms with Crippen molar-refractivity contribution < 1.29 is 5.11 Å². The molecule has 0 spiro atoms. The summed E-state index contributed by atoms with van der Waals surface area (Å²) in [5.74, 6) is 0. The van der Waals surface area contributed by atoms with Gasteiger partial charge in [0, 0.05) is 0 Å². The second-order valence-corrected chi connectivity index (χ2v) is 4.06. The van der Waals surface area contributed by atoms with E-state index in [1.807, 2.05) is 6.92 Å². The van der Waals surface area contributed by atoms with E-state index in [1.54, 1.807) is 0 Å². The Labute approximate surface area is 93.1 Å². The Bertz CT molecular complexity index is 301. The number of hydrogen-bond donors (Lipinski definition) is 1. The van der Waals surface area contributed by atoms with Crippen LogP contribution in [0.15, 0.2) is 12.1 Å². The van der Waals surface area contributed by atoms with Crippen LogP contribution in [0.4, 0.5) is 0 Å². The van der Waals surface area contributed by atoms with Gasteiger partial charge in [0.25, 0.3) is 0 Å². The fourth-order valence-electron chi connectivity index (χ4n) is 2.18. The third kappa shape index (κ3) is 2.60. The Kier molecular flexibility index (Phi) is 4.34. The van der Waals surface area contributed by atoms with Gasteiger partial charge in [0.05, 0.1) is 6.10 Å². The largest absolute Gasteiger partial charge is 0.389 e. The molecule has 1 rings (SSSR count). The normalized spacial score (nSPS) is 12.9. The molecule has 1 aromatic rings. The van der Waals surface area contributed by atoms with Crippen LogP contribution >= 0.6 is 0 Å². The highest BCUT2D eigenvalue weighted by molar-refractivity contribution is 5.40. The lowest BCUT2D eigenvalue weighted by atomic mass is 9.91. The minimum atomic E-state index is -0.346. The van der Waals surface area contributed by atoms with Crippen molar-refractivity contribution in [3.05, 3.63) is 34.4 Å². The van der Waals surface area contributed by atoms with Crippen LogP contribution < -0.4 is 0 Å². The van der Waals surface area contributed by atoms with Crippen molar-refractivity contribution in [2.75, 3.05) is 0 Å². The number of rotatable bonds is 4. The van der Waals surface area contributed by atoms with Crippen molar-refractivity contribution in [1.29, 1.82) is 0 Å². The molecule has 1 nitrogen and oxygen atoms in total. The molecule has 1 heteroatoms. The van der Waals surface area contributed by atoms with Crippen molar-refractivity contribution in [1.82, 2.24) is 0 Å². The van der Waals surface area contributed by atoms with E-state index in [-0.39, 0.29) is 6.10 Å². The molecule has 0 aromatic heterocycles. The first kappa shape index (κ1) is 12.3. The van der Waals surface area contributed by atoms with E-state index >= 15 is 0 Å². The molecule has 0 unspecified atom stereocenters. The van der Waals surface area contributed by atoms with Gasteiger partial charge in [-0.3, -0.25) is 0 Å². The van der Waals surface area contributed by atoms with Crippen LogP contribution in [0, 0.1) is 0 Å². The summed E-state index contributed by atoms with van der Waals surface area (Å²) in [6.07, 6.45) is 2.73. The summed E-state index contributed by atoms with van der Waals surface area (Å²) in [7, 11) is 0. The molecule has 0 heterocycles. The molecule has 0 aliphatic rings. The molecule has 1 N–H and O–H groups in total. The summed E-state index contributed by atoms with van der Waals surface area (Å²) in [5, 5.41) is 9.81. The summed E-state index contributed by atoms with van der Waals surface area (Å²) in [4.78, 5) is 0. The third-order valence-corrected chi connectivity index (χ3v) is 3.00. The lowest BCUT2D eigenvalue weighted by molar-refractivity contribution is 0.197. The fraction of sp³-hybridized carbons (Fsp3) is 0.571. The van der Waals surface area contributed by atoms with Crippen molar-refractivity contribution in [3.8, 4) is 0 Å². The van der Waals surface area contributed by atoms with E-state index in [0.717, 1.165) is 24.8 Å². The van der Waals surface area contributed by atoms with Crippen molar-refractivity contribution >= 4 is 0 Å². The molecule has 0 aliphatic carbocycles. The standard InChI is InChI=1S/C14H22O/c1-5-11-8-12(6-2)14(10(4)15)13(7-3)9-11/h8-10,15H,5-7H2,1-4H3/t10-/m0/s1. The number of aliphatic hydroxyl groups excluding tert-OH is 1. The highest BCUT2D eigenvalue weighted by atomic mass is 16.3. The maximum Gasteiger partial charge on any atom is 0.0767 e. The predicted octanol–water partition coefficient (Wildman–Crippen LogP) is 3.43. The van der Waals surface area contributed by atoms with Gasteiger partial charge in [-0.25, -0.2) is 0 Å². The Morgan fingerprint density at radius 1 is 1.00 bits per heavy atom. The first-order valence-electron chi connectivity index (χ1n) is 5.96. The zero-order valence-electron chi connectivity index (χ0n) is 10.3. The van der Waals surface area contributed by atoms with Crippen LogP contribution in [0.5, 0.6) is 0 Å². The third-order valence-electron chi connectivity index (χ3n) is 3.00. The molecule has 0 aliphatic heterocycles. The minimum absolute atomic E-state index is 0.346. The van der Waals surface area contributed by atoms with Gasteiger partial charge in [-0.2, -0.15) is 0 Å². The van der Waals surface area contributed by atoms with Crippen LogP contribution in [0.2, 0.25) is 0 Å². The van der Waals surface area contributed by atoms with Crippen molar-refractivity contribution in [2.45, 2.75) is 53.1 Å². The van der Waals surface area contributed by atoms with Crippen molar-refractivity contribution in [2.24, 2.45) is 0 Å². The maximum atomic E-state index is 9.81. The van der Waals surface area contributed by atoms with E-state index < -0.39 is 0 Å². The lowest BCUT2D eigenvalue weighted by Gasteiger charge is -2.17. The van der Waals surface area contributed by atoms with Gasteiger partial charge in [0.15, 0.2) is 0 Å². The summed E-state index contributed by atoms with van der Waals surface area (Å²) in [6.45, 7) is 8.34. The van der Waals surface area contributed by atoms with Gasteiger partial charge >= 0.3 is 0 Å². The smallest absolute Gasteiger partial charge is 0.0767 e. The summed E-state index contributed by atoms with van der Waals surface area (Å²) in [6, 6.07) is 4.47. The topological polar surface area (TPSA) is 20.2 Å². The Hall–Kier alpha value is -0.820. The molecule has 0 saturated carbocycles. The van der Waals surface area contributed by atoms with E-state index in [2.05, 4.69) is 32.9 Å². The summed E-state index contributed by atoms with van der Waals surface area (Å²) in [5.41, 5.74) is 5.15. The molecule has 84 valence electrons. The zero-order chi connectivity index (χ0) is 11.4. The fourth-order valence-corrected chi connectivity index (χ4v) is 2.18. The SMILES string of the molecule is CCc1cc(CC)c([C@H](C)O)c(CC)c1. The number of benzene rings is 1. The highest BCUT2D eigenvalue weighted by Gasteiger charge is 2.12. The molecule has 0 bridgehead atoms. The summed E-state index contributed by atoms with van der Waals surface area (Å²) < 4.78 is 0. The molecule has 0 amide bonds. The molecule has 0 fully saturated rings.